The molecule has 0 spiro atoms. The lowest BCUT2D eigenvalue weighted by Crippen LogP contribution is -2.27. The Kier molecular flexibility index (Phi) is 9.21. The van der Waals surface area contributed by atoms with E-state index in [1.165, 1.54) is 12.7 Å². The first kappa shape index (κ1) is 22.2. The number of rotatable bonds is 10. The highest BCUT2D eigenvalue weighted by atomic mass is 31.1. The minimum absolute atomic E-state index is 0.115. The maximum atomic E-state index is 12.3. The minimum Gasteiger partial charge on any atom is -0.401 e. The fourth-order valence-corrected chi connectivity index (χ4v) is 3.48. The Hall–Kier alpha value is -2.14. The van der Waals surface area contributed by atoms with Gasteiger partial charge in [0.1, 0.15) is 0 Å². The van der Waals surface area contributed by atoms with Gasteiger partial charge in [0.05, 0.1) is 13.0 Å². The summed E-state index contributed by atoms with van der Waals surface area (Å²) in [7, 11) is -1.07. The first-order chi connectivity index (χ1) is 13.5. The second kappa shape index (κ2) is 11.6. The van der Waals surface area contributed by atoms with Crippen LogP contribution in [0.4, 0.5) is 0 Å². The molecule has 7 heteroatoms. The van der Waals surface area contributed by atoms with Crippen molar-refractivity contribution in [1.82, 2.24) is 5.32 Å². The zero-order chi connectivity index (χ0) is 20.4. The normalized spacial score (nSPS) is 15.9. The Labute approximate surface area is 167 Å². The molecule has 0 saturated carbocycles. The lowest BCUT2D eigenvalue weighted by molar-refractivity contribution is -0.120. The quantitative estimate of drug-likeness (QED) is 0.455. The summed E-state index contributed by atoms with van der Waals surface area (Å²) in [6.45, 7) is 2.77. The molecule has 0 bridgehead atoms. The standard InChI is InChI=1S/C21H29N2O4P/c1-16-9-6-7-12-18(16)21(17-10-4-3-5-11-17)19(22)15-20(24)23-13-8-14-27-28(25)26-2/h3-5,9-12,28H,6-8,13-15,22H2,1-2H3,(H,23,24)/b21-19-. The van der Waals surface area contributed by atoms with E-state index in [-0.39, 0.29) is 18.9 Å². The summed E-state index contributed by atoms with van der Waals surface area (Å²) in [6.07, 6.45) is 7.05. The van der Waals surface area contributed by atoms with Crippen molar-refractivity contribution in [1.29, 1.82) is 0 Å². The number of carbonyl (C=O) groups excluding carboxylic acids is 1. The highest BCUT2D eigenvalue weighted by Gasteiger charge is 2.17. The second-order valence-electron chi connectivity index (χ2n) is 6.53. The van der Waals surface area contributed by atoms with Gasteiger partial charge >= 0.3 is 8.25 Å². The first-order valence-corrected chi connectivity index (χ1v) is 10.6. The SMILES string of the molecule is CO[PH](=O)OCCCNC(=O)C/C(N)=C(/C1=CCCC=C1C)c1ccccc1. The molecule has 0 heterocycles. The van der Waals surface area contributed by atoms with Gasteiger partial charge in [-0.15, -0.1) is 0 Å². The molecule has 3 N–H and O–H groups in total. The van der Waals surface area contributed by atoms with Gasteiger partial charge < -0.3 is 20.1 Å². The molecule has 0 fully saturated rings. The van der Waals surface area contributed by atoms with Gasteiger partial charge in [-0.25, -0.2) is 0 Å². The van der Waals surface area contributed by atoms with Gasteiger partial charge in [0, 0.05) is 24.9 Å². The average Bonchev–Trinajstić information content (AvgIpc) is 2.70. The summed E-state index contributed by atoms with van der Waals surface area (Å²) in [4.78, 5) is 12.3. The molecule has 1 aromatic rings. The third-order valence-electron chi connectivity index (χ3n) is 4.42. The monoisotopic (exact) mass is 404 g/mol. The van der Waals surface area contributed by atoms with Crippen molar-refractivity contribution in [2.45, 2.75) is 32.6 Å². The maximum absolute atomic E-state index is 12.3. The van der Waals surface area contributed by atoms with Crippen molar-refractivity contribution >= 4 is 19.7 Å². The molecular weight excluding hydrogens is 375 g/mol. The number of hydrogen-bond acceptors (Lipinski definition) is 5. The van der Waals surface area contributed by atoms with E-state index in [9.17, 15) is 9.36 Å². The molecule has 1 aromatic carbocycles. The lowest BCUT2D eigenvalue weighted by atomic mass is 9.87. The van der Waals surface area contributed by atoms with Crippen molar-refractivity contribution in [3.8, 4) is 0 Å². The van der Waals surface area contributed by atoms with Crippen LogP contribution >= 0.6 is 8.25 Å². The first-order valence-electron chi connectivity index (χ1n) is 9.42. The molecule has 1 atom stereocenters. The number of nitrogens with one attached hydrogen (secondary N) is 1. The largest absolute Gasteiger partial charge is 0.401 e. The van der Waals surface area contributed by atoms with Crippen LogP contribution in [0.25, 0.3) is 5.57 Å². The van der Waals surface area contributed by atoms with Gasteiger partial charge in [-0.3, -0.25) is 9.36 Å². The summed E-state index contributed by atoms with van der Waals surface area (Å²) in [5.74, 6) is -0.150. The molecule has 6 nitrogen and oxygen atoms in total. The van der Waals surface area contributed by atoms with Crippen molar-refractivity contribution in [3.63, 3.8) is 0 Å². The van der Waals surface area contributed by atoms with E-state index in [0.29, 0.717) is 18.7 Å². The second-order valence-corrected chi connectivity index (χ2v) is 7.73. The summed E-state index contributed by atoms with van der Waals surface area (Å²) < 4.78 is 20.6. The summed E-state index contributed by atoms with van der Waals surface area (Å²) in [5, 5.41) is 2.83. The number of benzene rings is 1. The highest BCUT2D eigenvalue weighted by Crippen LogP contribution is 2.33. The third kappa shape index (κ3) is 6.79. The van der Waals surface area contributed by atoms with Crippen molar-refractivity contribution in [2.75, 3.05) is 20.3 Å². The molecule has 0 aliphatic heterocycles. The van der Waals surface area contributed by atoms with Crippen LogP contribution in [0.1, 0.15) is 38.2 Å². The van der Waals surface area contributed by atoms with E-state index in [1.54, 1.807) is 0 Å². The smallest absolute Gasteiger partial charge is 0.318 e. The lowest BCUT2D eigenvalue weighted by Gasteiger charge is -2.20. The van der Waals surface area contributed by atoms with Gasteiger partial charge in [0.15, 0.2) is 0 Å². The van der Waals surface area contributed by atoms with Crippen LogP contribution in [0, 0.1) is 0 Å². The summed E-state index contributed by atoms with van der Waals surface area (Å²) >= 11 is 0. The number of allylic oxidation sites excluding steroid dienone is 5. The number of hydrogen-bond donors (Lipinski definition) is 2. The van der Waals surface area contributed by atoms with Crippen LogP contribution in [-0.4, -0.2) is 26.2 Å². The Bertz CT molecular complexity index is 785. The van der Waals surface area contributed by atoms with Gasteiger partial charge in [-0.2, -0.15) is 0 Å². The summed E-state index contributed by atoms with van der Waals surface area (Å²) in [6, 6.07) is 9.92. The predicted octanol–water partition coefficient (Wildman–Crippen LogP) is 3.97. The molecule has 0 radical (unpaired) electrons. The van der Waals surface area contributed by atoms with Gasteiger partial charge in [-0.05, 0) is 42.9 Å². The zero-order valence-corrected chi connectivity index (χ0v) is 17.5. The number of amides is 1. The van der Waals surface area contributed by atoms with E-state index in [0.717, 1.165) is 29.6 Å². The van der Waals surface area contributed by atoms with Crippen LogP contribution < -0.4 is 11.1 Å². The Balaban J connectivity index is 2.05. The van der Waals surface area contributed by atoms with Gasteiger partial charge in [0.2, 0.25) is 5.91 Å². The van der Waals surface area contributed by atoms with Crippen molar-refractivity contribution < 1.29 is 18.4 Å². The molecule has 0 aromatic heterocycles. The van der Waals surface area contributed by atoms with E-state index in [1.807, 2.05) is 30.3 Å². The molecular formula is C21H29N2O4P. The molecule has 1 unspecified atom stereocenters. The van der Waals surface area contributed by atoms with E-state index < -0.39 is 8.25 Å². The summed E-state index contributed by atoms with van der Waals surface area (Å²) in [5.41, 5.74) is 11.2. The average molecular weight is 404 g/mol. The predicted molar refractivity (Wildman–Crippen MR) is 113 cm³/mol. The molecule has 2 rings (SSSR count). The van der Waals surface area contributed by atoms with Crippen LogP contribution in [0.3, 0.4) is 0 Å². The maximum Gasteiger partial charge on any atom is 0.318 e. The van der Waals surface area contributed by atoms with E-state index >= 15 is 0 Å². The Morgan fingerprint density at radius 3 is 2.61 bits per heavy atom. The van der Waals surface area contributed by atoms with Crippen LogP contribution in [0.2, 0.25) is 0 Å². The number of nitrogens with two attached hydrogens (primary N) is 1. The molecule has 0 saturated heterocycles. The highest BCUT2D eigenvalue weighted by molar-refractivity contribution is 7.33. The zero-order valence-electron chi connectivity index (χ0n) is 16.5. The molecule has 1 aliphatic carbocycles. The Morgan fingerprint density at radius 1 is 1.21 bits per heavy atom. The Morgan fingerprint density at radius 2 is 1.93 bits per heavy atom. The van der Waals surface area contributed by atoms with Crippen molar-refractivity contribution in [2.24, 2.45) is 5.73 Å². The van der Waals surface area contributed by atoms with Crippen LogP contribution in [-0.2, 0) is 18.4 Å². The fraction of sp³-hybridized carbons (Fsp3) is 0.381. The van der Waals surface area contributed by atoms with Crippen LogP contribution in [0.5, 0.6) is 0 Å². The van der Waals surface area contributed by atoms with E-state index in [2.05, 4.69) is 28.9 Å². The topological polar surface area (TPSA) is 90.6 Å². The third-order valence-corrected chi connectivity index (χ3v) is 5.20. The van der Waals surface area contributed by atoms with Crippen LogP contribution in [0.15, 0.2) is 59.3 Å². The molecule has 1 amide bonds. The number of carbonyl (C=O) groups is 1. The van der Waals surface area contributed by atoms with E-state index in [4.69, 9.17) is 10.3 Å². The van der Waals surface area contributed by atoms with Gasteiger partial charge in [-0.1, -0.05) is 42.5 Å². The molecule has 28 heavy (non-hydrogen) atoms. The minimum atomic E-state index is -2.41. The molecule has 152 valence electrons. The fourth-order valence-electron chi connectivity index (χ4n) is 3.05. The van der Waals surface area contributed by atoms with Gasteiger partial charge in [0.25, 0.3) is 0 Å². The molecule has 1 aliphatic rings. The van der Waals surface area contributed by atoms with Crippen molar-refractivity contribution in [3.05, 3.63) is 64.9 Å².